The molecule has 9 nitrogen and oxygen atoms in total. The van der Waals surface area contributed by atoms with Crippen molar-refractivity contribution in [1.82, 2.24) is 14.5 Å². The number of rotatable bonds is 9. The molecule has 0 aliphatic heterocycles. The van der Waals surface area contributed by atoms with E-state index in [4.69, 9.17) is 36.5 Å². The number of hydrogen-bond donors (Lipinski definition) is 2. The molecular formula is C25H27Cl2N5O4. The number of ether oxygens (including phenoxy) is 3. The highest BCUT2D eigenvalue weighted by Gasteiger charge is 2.20. The zero-order valence-corrected chi connectivity index (χ0v) is 21.6. The first-order chi connectivity index (χ1) is 17.0. The number of nitrogens with one attached hydrogen (secondary N) is 1. The van der Waals surface area contributed by atoms with Gasteiger partial charge in [-0.15, -0.1) is 12.4 Å². The summed E-state index contributed by atoms with van der Waals surface area (Å²) in [6, 6.07) is 14.0. The van der Waals surface area contributed by atoms with Gasteiger partial charge in [0.2, 0.25) is 0 Å². The molecule has 4 rings (SSSR count). The van der Waals surface area contributed by atoms with Crippen LogP contribution >= 0.6 is 24.0 Å². The van der Waals surface area contributed by atoms with Crippen molar-refractivity contribution < 1.29 is 19.0 Å². The average Bonchev–Trinajstić information content (AvgIpc) is 3.29. The van der Waals surface area contributed by atoms with E-state index in [9.17, 15) is 4.79 Å². The molecule has 190 valence electrons. The van der Waals surface area contributed by atoms with E-state index in [1.165, 1.54) is 0 Å². The minimum absolute atomic E-state index is 0. The molecule has 11 heteroatoms. The van der Waals surface area contributed by atoms with Gasteiger partial charge in [0, 0.05) is 23.7 Å². The highest BCUT2D eigenvalue weighted by Crippen LogP contribution is 2.33. The van der Waals surface area contributed by atoms with Crippen molar-refractivity contribution >= 4 is 46.8 Å². The number of nitrogens with zero attached hydrogens (tertiary/aromatic N) is 3. The van der Waals surface area contributed by atoms with Crippen LogP contribution in [-0.2, 0) is 4.74 Å². The number of esters is 1. The van der Waals surface area contributed by atoms with Crippen LogP contribution in [0.1, 0.15) is 28.9 Å². The van der Waals surface area contributed by atoms with Crippen LogP contribution in [0.15, 0.2) is 54.9 Å². The number of carbonyl (C=O) groups is 1. The third kappa shape index (κ3) is 5.48. The fourth-order valence-corrected chi connectivity index (χ4v) is 3.95. The number of benzene rings is 2. The zero-order chi connectivity index (χ0) is 24.9. The molecule has 2 aromatic carbocycles. The number of anilines is 1. The van der Waals surface area contributed by atoms with Crippen LogP contribution in [0.3, 0.4) is 0 Å². The number of halogens is 2. The van der Waals surface area contributed by atoms with Gasteiger partial charge >= 0.3 is 5.97 Å². The number of aromatic nitrogens is 3. The molecule has 4 aromatic rings. The van der Waals surface area contributed by atoms with Crippen molar-refractivity contribution in [2.75, 3.05) is 32.7 Å². The lowest BCUT2D eigenvalue weighted by atomic mass is 10.1. The number of fused-ring (bicyclic) bond motifs is 1. The van der Waals surface area contributed by atoms with Gasteiger partial charge in [0.1, 0.15) is 23.5 Å². The van der Waals surface area contributed by atoms with E-state index >= 15 is 0 Å². The molecule has 0 saturated heterocycles. The van der Waals surface area contributed by atoms with Crippen molar-refractivity contribution in [2.24, 2.45) is 5.73 Å². The van der Waals surface area contributed by atoms with Crippen LogP contribution in [0.4, 0.5) is 5.82 Å². The first-order valence-electron chi connectivity index (χ1n) is 11.0. The van der Waals surface area contributed by atoms with Crippen molar-refractivity contribution in [3.05, 3.63) is 71.0 Å². The summed E-state index contributed by atoms with van der Waals surface area (Å²) in [6.07, 6.45) is 1.65. The summed E-state index contributed by atoms with van der Waals surface area (Å²) >= 11 is 6.18. The smallest absolute Gasteiger partial charge is 0.341 e. The third-order valence-corrected chi connectivity index (χ3v) is 5.71. The molecule has 3 N–H and O–H groups in total. The fraction of sp³-hybridized carbons (Fsp3) is 0.240. The third-order valence-electron chi connectivity index (χ3n) is 5.47. The molecule has 2 heterocycles. The van der Waals surface area contributed by atoms with E-state index in [1.807, 2.05) is 24.3 Å². The van der Waals surface area contributed by atoms with Crippen LogP contribution in [-0.4, -0.2) is 47.9 Å². The number of imidazole rings is 1. The first-order valence-corrected chi connectivity index (χ1v) is 11.4. The number of pyridine rings is 1. The Hall–Kier alpha value is -3.53. The average molecular weight is 532 g/mol. The van der Waals surface area contributed by atoms with Crippen LogP contribution in [0, 0.1) is 0 Å². The Morgan fingerprint density at radius 1 is 1.14 bits per heavy atom. The molecule has 36 heavy (non-hydrogen) atoms. The SMILES string of the molecule is CCOC(=O)c1ccc(-n2cnc3cc(OC)c(OC)cc32)nc1NC(CN)c1cccc(Cl)c1.Cl. The Morgan fingerprint density at radius 2 is 1.89 bits per heavy atom. The Balaban J connectivity index is 0.00000361. The Morgan fingerprint density at radius 3 is 2.56 bits per heavy atom. The molecule has 0 saturated carbocycles. The van der Waals surface area contributed by atoms with Gasteiger partial charge in [-0.25, -0.2) is 14.8 Å². The van der Waals surface area contributed by atoms with Gasteiger partial charge in [-0.3, -0.25) is 4.57 Å². The summed E-state index contributed by atoms with van der Waals surface area (Å²) < 4.78 is 17.9. The van der Waals surface area contributed by atoms with Gasteiger partial charge in [0.05, 0.1) is 37.9 Å². The largest absolute Gasteiger partial charge is 0.493 e. The van der Waals surface area contributed by atoms with E-state index in [0.717, 1.165) is 11.1 Å². The van der Waals surface area contributed by atoms with Crippen LogP contribution in [0.5, 0.6) is 11.5 Å². The minimum Gasteiger partial charge on any atom is -0.493 e. The summed E-state index contributed by atoms with van der Waals surface area (Å²) in [5, 5.41) is 3.88. The molecular weight excluding hydrogens is 505 g/mol. The van der Waals surface area contributed by atoms with E-state index in [2.05, 4.69) is 10.3 Å². The summed E-state index contributed by atoms with van der Waals surface area (Å²) in [6.45, 7) is 2.24. The minimum atomic E-state index is -0.488. The molecule has 0 aliphatic carbocycles. The standard InChI is InChI=1S/C25H26ClN5O4.ClH/c1-4-35-25(32)17-8-9-23(30-24(17)29-19(13-27)15-6-5-7-16(26)10-15)31-14-28-18-11-21(33-2)22(34-3)12-20(18)31;/h5-12,14,19H,4,13,27H2,1-3H3,(H,29,30);1H. The van der Waals surface area contributed by atoms with Gasteiger partial charge in [-0.2, -0.15) is 0 Å². The summed E-state index contributed by atoms with van der Waals surface area (Å²) in [4.78, 5) is 21.9. The maximum absolute atomic E-state index is 12.7. The van der Waals surface area contributed by atoms with Crippen LogP contribution in [0.25, 0.3) is 16.9 Å². The van der Waals surface area contributed by atoms with Crippen molar-refractivity contribution in [2.45, 2.75) is 13.0 Å². The van der Waals surface area contributed by atoms with Crippen molar-refractivity contribution in [3.63, 3.8) is 0 Å². The molecule has 1 atom stereocenters. The molecule has 0 radical (unpaired) electrons. The Labute approximate surface area is 219 Å². The number of carbonyl (C=O) groups excluding carboxylic acids is 1. The van der Waals surface area contributed by atoms with E-state index in [0.29, 0.717) is 39.2 Å². The van der Waals surface area contributed by atoms with Crippen molar-refractivity contribution in [1.29, 1.82) is 0 Å². The molecule has 1 unspecified atom stereocenters. The molecule has 0 bridgehead atoms. The van der Waals surface area contributed by atoms with Crippen LogP contribution in [0.2, 0.25) is 5.02 Å². The predicted molar refractivity (Wildman–Crippen MR) is 142 cm³/mol. The second-order valence-corrected chi connectivity index (χ2v) is 8.02. The first kappa shape index (κ1) is 27.1. The lowest BCUT2D eigenvalue weighted by molar-refractivity contribution is 0.0527. The van der Waals surface area contributed by atoms with Gasteiger partial charge in [0.25, 0.3) is 0 Å². The van der Waals surface area contributed by atoms with Gasteiger partial charge in [0.15, 0.2) is 11.5 Å². The van der Waals surface area contributed by atoms with E-state index in [-0.39, 0.29) is 31.6 Å². The lowest BCUT2D eigenvalue weighted by Gasteiger charge is -2.20. The van der Waals surface area contributed by atoms with Crippen LogP contribution < -0.4 is 20.5 Å². The molecule has 2 aromatic heterocycles. The summed E-state index contributed by atoms with van der Waals surface area (Å²) in [7, 11) is 3.14. The number of nitrogens with two attached hydrogens (primary N) is 1. The number of hydrogen-bond acceptors (Lipinski definition) is 8. The highest BCUT2D eigenvalue weighted by atomic mass is 35.5. The lowest BCUT2D eigenvalue weighted by Crippen LogP contribution is -2.23. The van der Waals surface area contributed by atoms with Crippen molar-refractivity contribution in [3.8, 4) is 17.3 Å². The summed E-state index contributed by atoms with van der Waals surface area (Å²) in [5.74, 6) is 1.52. The van der Waals surface area contributed by atoms with E-state index < -0.39 is 5.97 Å². The maximum Gasteiger partial charge on any atom is 0.341 e. The highest BCUT2D eigenvalue weighted by molar-refractivity contribution is 6.30. The second kappa shape index (κ2) is 11.9. The quantitative estimate of drug-likeness (QED) is 0.296. The monoisotopic (exact) mass is 531 g/mol. The Kier molecular flexibility index (Phi) is 8.98. The van der Waals surface area contributed by atoms with Gasteiger partial charge < -0.3 is 25.3 Å². The Bertz CT molecular complexity index is 1360. The molecule has 0 aliphatic rings. The van der Waals surface area contributed by atoms with Gasteiger partial charge in [-0.05, 0) is 36.8 Å². The molecule has 0 fully saturated rings. The second-order valence-electron chi connectivity index (χ2n) is 7.58. The maximum atomic E-state index is 12.7. The summed E-state index contributed by atoms with van der Waals surface area (Å²) in [5.41, 5.74) is 8.68. The number of methoxy groups -OCH3 is 2. The zero-order valence-electron chi connectivity index (χ0n) is 20.0. The fourth-order valence-electron chi connectivity index (χ4n) is 3.75. The van der Waals surface area contributed by atoms with Gasteiger partial charge in [-0.1, -0.05) is 23.7 Å². The normalized spacial score (nSPS) is 11.5. The molecule has 0 amide bonds. The molecule has 0 spiro atoms. The topological polar surface area (TPSA) is 114 Å². The van der Waals surface area contributed by atoms with E-state index in [1.54, 1.807) is 56.3 Å². The predicted octanol–water partition coefficient (Wildman–Crippen LogP) is 4.80.